The lowest BCUT2D eigenvalue weighted by atomic mass is 10.2. The third-order valence-corrected chi connectivity index (χ3v) is 5.35. The summed E-state index contributed by atoms with van der Waals surface area (Å²) in [6.45, 7) is 5.66. The zero-order valence-corrected chi connectivity index (χ0v) is 16.7. The highest BCUT2D eigenvalue weighted by Crippen LogP contribution is 2.24. The minimum Gasteiger partial charge on any atom is -0.372 e. The number of aromatic nitrogens is 1. The molecule has 28 heavy (non-hydrogen) atoms. The molecule has 2 unspecified atom stereocenters. The number of benzene rings is 1. The number of hydrogen-bond acceptors (Lipinski definition) is 6. The summed E-state index contributed by atoms with van der Waals surface area (Å²) in [4.78, 5) is 31.1. The second-order valence-corrected chi connectivity index (χ2v) is 7.79. The number of anilines is 2. The number of pyridine rings is 1. The minimum absolute atomic E-state index is 0.122. The fraction of sp³-hybridized carbons (Fsp3) is 0.350. The summed E-state index contributed by atoms with van der Waals surface area (Å²) in [6, 6.07) is 10.9. The molecule has 0 radical (unpaired) electrons. The first-order chi connectivity index (χ1) is 13.4. The summed E-state index contributed by atoms with van der Waals surface area (Å²) in [7, 11) is 0. The number of hydrogen-bond donors (Lipinski definition) is 2. The maximum absolute atomic E-state index is 12.7. The van der Waals surface area contributed by atoms with Crippen molar-refractivity contribution >= 4 is 35.1 Å². The van der Waals surface area contributed by atoms with Gasteiger partial charge in [-0.05, 0) is 38.1 Å². The number of nitrogens with zero attached hydrogens (tertiary/aromatic N) is 2. The van der Waals surface area contributed by atoms with Gasteiger partial charge in [0.2, 0.25) is 5.91 Å². The molecule has 2 atom stereocenters. The van der Waals surface area contributed by atoms with Crippen LogP contribution in [0.4, 0.5) is 11.5 Å². The van der Waals surface area contributed by atoms with E-state index < -0.39 is 5.91 Å². The van der Waals surface area contributed by atoms with Crippen molar-refractivity contribution in [1.82, 2.24) is 4.98 Å². The highest BCUT2D eigenvalue weighted by molar-refractivity contribution is 8.00. The average Bonchev–Trinajstić information content (AvgIpc) is 2.66. The van der Waals surface area contributed by atoms with Crippen LogP contribution in [-0.2, 0) is 9.53 Å². The van der Waals surface area contributed by atoms with Crippen LogP contribution < -0.4 is 16.0 Å². The van der Waals surface area contributed by atoms with E-state index >= 15 is 0 Å². The van der Waals surface area contributed by atoms with Gasteiger partial charge in [-0.1, -0.05) is 12.1 Å². The van der Waals surface area contributed by atoms with Crippen LogP contribution in [0.25, 0.3) is 0 Å². The Morgan fingerprint density at radius 3 is 2.57 bits per heavy atom. The molecule has 1 aromatic carbocycles. The van der Waals surface area contributed by atoms with Crippen molar-refractivity contribution in [2.75, 3.05) is 29.1 Å². The van der Waals surface area contributed by atoms with E-state index in [-0.39, 0.29) is 23.9 Å². The predicted molar refractivity (Wildman–Crippen MR) is 111 cm³/mol. The van der Waals surface area contributed by atoms with Gasteiger partial charge in [-0.2, -0.15) is 0 Å². The van der Waals surface area contributed by atoms with E-state index in [4.69, 9.17) is 10.5 Å². The van der Waals surface area contributed by atoms with Crippen LogP contribution >= 0.6 is 11.8 Å². The van der Waals surface area contributed by atoms with Gasteiger partial charge in [0.15, 0.2) is 0 Å². The van der Waals surface area contributed by atoms with Crippen LogP contribution in [0.1, 0.15) is 24.2 Å². The molecule has 0 spiro atoms. The second kappa shape index (κ2) is 9.07. The number of ether oxygens (including phenoxy) is 1. The van der Waals surface area contributed by atoms with E-state index in [1.54, 1.807) is 24.4 Å². The third-order valence-electron chi connectivity index (χ3n) is 4.25. The minimum atomic E-state index is -0.424. The summed E-state index contributed by atoms with van der Waals surface area (Å²) >= 11 is 1.25. The summed E-state index contributed by atoms with van der Waals surface area (Å²) in [5.41, 5.74) is 6.31. The Morgan fingerprint density at radius 2 is 1.93 bits per heavy atom. The Bertz CT molecular complexity index is 834. The average molecular weight is 401 g/mol. The molecule has 1 fully saturated rings. The molecule has 3 N–H and O–H groups in total. The van der Waals surface area contributed by atoms with Crippen LogP contribution in [0.2, 0.25) is 0 Å². The van der Waals surface area contributed by atoms with Gasteiger partial charge in [0.1, 0.15) is 5.82 Å². The molecule has 7 nitrogen and oxygen atoms in total. The van der Waals surface area contributed by atoms with Crippen LogP contribution in [0, 0.1) is 0 Å². The number of morpholine rings is 1. The van der Waals surface area contributed by atoms with Gasteiger partial charge in [-0.15, -0.1) is 11.8 Å². The maximum Gasteiger partial charge on any atom is 0.256 e. The highest BCUT2D eigenvalue weighted by Gasteiger charge is 2.23. The summed E-state index contributed by atoms with van der Waals surface area (Å²) in [6.07, 6.45) is 1.95. The molecule has 2 amide bonds. The Morgan fingerprint density at radius 1 is 1.21 bits per heavy atom. The third kappa shape index (κ3) is 5.24. The molecule has 0 saturated carbocycles. The second-order valence-electron chi connectivity index (χ2n) is 6.77. The molecular formula is C20H24N4O3S. The molecule has 3 rings (SSSR count). The standard InChI is InChI=1S/C20H24N4O3S/c1-13-10-24(11-14(2)27-13)19-8-7-15(9-22-19)23-20(26)16-5-3-4-6-17(16)28-12-18(21)25/h3-9,13-14H,10-12H2,1-2H3,(H2,21,25)(H,23,26). The monoisotopic (exact) mass is 400 g/mol. The highest BCUT2D eigenvalue weighted by atomic mass is 32.2. The molecule has 148 valence electrons. The lowest BCUT2D eigenvalue weighted by Gasteiger charge is -2.36. The smallest absolute Gasteiger partial charge is 0.256 e. The molecular weight excluding hydrogens is 376 g/mol. The van der Waals surface area contributed by atoms with Gasteiger partial charge in [0.05, 0.1) is 35.4 Å². The van der Waals surface area contributed by atoms with Gasteiger partial charge in [-0.25, -0.2) is 4.98 Å². The molecule has 2 heterocycles. The zero-order chi connectivity index (χ0) is 20.1. The summed E-state index contributed by atoms with van der Waals surface area (Å²) < 4.78 is 5.75. The lowest BCUT2D eigenvalue weighted by molar-refractivity contribution is -0.115. The van der Waals surface area contributed by atoms with Crippen molar-refractivity contribution in [2.24, 2.45) is 5.73 Å². The maximum atomic E-state index is 12.7. The van der Waals surface area contributed by atoms with Crippen LogP contribution in [0.3, 0.4) is 0 Å². The number of carbonyl (C=O) groups excluding carboxylic acids is 2. The van der Waals surface area contributed by atoms with Crippen molar-refractivity contribution < 1.29 is 14.3 Å². The van der Waals surface area contributed by atoms with Crippen LogP contribution in [0.15, 0.2) is 47.5 Å². The van der Waals surface area contributed by atoms with Gasteiger partial charge in [0.25, 0.3) is 5.91 Å². The Balaban J connectivity index is 1.67. The number of nitrogens with one attached hydrogen (secondary N) is 1. The van der Waals surface area contributed by atoms with Gasteiger partial charge < -0.3 is 20.7 Å². The zero-order valence-electron chi connectivity index (χ0n) is 15.9. The predicted octanol–water partition coefficient (Wildman–Crippen LogP) is 2.52. The van der Waals surface area contributed by atoms with Crippen molar-refractivity contribution in [3.05, 3.63) is 48.2 Å². The molecule has 1 aromatic heterocycles. The van der Waals surface area contributed by atoms with E-state index in [0.29, 0.717) is 16.1 Å². The molecule has 8 heteroatoms. The molecule has 1 aliphatic rings. The molecule has 0 aliphatic carbocycles. The summed E-state index contributed by atoms with van der Waals surface area (Å²) in [5.74, 6) is 0.302. The Hall–Kier alpha value is -2.58. The first-order valence-electron chi connectivity index (χ1n) is 9.10. The quantitative estimate of drug-likeness (QED) is 0.723. The topological polar surface area (TPSA) is 97.6 Å². The number of rotatable bonds is 6. The molecule has 0 bridgehead atoms. The number of amides is 2. The Labute approximate surface area is 168 Å². The molecule has 1 saturated heterocycles. The van der Waals surface area contributed by atoms with Crippen molar-refractivity contribution in [2.45, 2.75) is 31.0 Å². The van der Waals surface area contributed by atoms with E-state index in [1.807, 2.05) is 32.0 Å². The van der Waals surface area contributed by atoms with Crippen LogP contribution in [-0.4, -0.2) is 47.8 Å². The van der Waals surface area contributed by atoms with E-state index in [0.717, 1.165) is 18.9 Å². The van der Waals surface area contributed by atoms with Crippen molar-refractivity contribution in [3.8, 4) is 0 Å². The normalized spacial score (nSPS) is 19.3. The van der Waals surface area contributed by atoms with E-state index in [2.05, 4.69) is 15.2 Å². The van der Waals surface area contributed by atoms with Crippen molar-refractivity contribution in [1.29, 1.82) is 0 Å². The first-order valence-corrected chi connectivity index (χ1v) is 10.1. The lowest BCUT2D eigenvalue weighted by Crippen LogP contribution is -2.45. The number of thioether (sulfide) groups is 1. The molecule has 2 aromatic rings. The fourth-order valence-corrected chi connectivity index (χ4v) is 3.93. The van der Waals surface area contributed by atoms with Gasteiger partial charge >= 0.3 is 0 Å². The van der Waals surface area contributed by atoms with Gasteiger partial charge in [-0.3, -0.25) is 9.59 Å². The molecule has 1 aliphatic heterocycles. The number of carbonyl (C=O) groups is 2. The largest absolute Gasteiger partial charge is 0.372 e. The van der Waals surface area contributed by atoms with Crippen LogP contribution in [0.5, 0.6) is 0 Å². The van der Waals surface area contributed by atoms with Crippen molar-refractivity contribution in [3.63, 3.8) is 0 Å². The Kier molecular flexibility index (Phi) is 6.53. The number of primary amides is 1. The SMILES string of the molecule is CC1CN(c2ccc(NC(=O)c3ccccc3SCC(N)=O)cn2)CC(C)O1. The first kappa shape index (κ1) is 20.2. The van der Waals surface area contributed by atoms with E-state index in [1.165, 1.54) is 11.8 Å². The number of nitrogens with two attached hydrogens (primary N) is 1. The van der Waals surface area contributed by atoms with Gasteiger partial charge in [0, 0.05) is 18.0 Å². The summed E-state index contributed by atoms with van der Waals surface area (Å²) in [5, 5.41) is 2.86. The fourth-order valence-electron chi connectivity index (χ4n) is 3.14. The van der Waals surface area contributed by atoms with E-state index in [9.17, 15) is 9.59 Å².